The fraction of sp³-hybridized carbons (Fsp3) is 0.222. The summed E-state index contributed by atoms with van der Waals surface area (Å²) >= 11 is 11.3. The van der Waals surface area contributed by atoms with Crippen molar-refractivity contribution in [1.29, 1.82) is 5.41 Å². The topological polar surface area (TPSA) is 90.2 Å². The highest BCUT2D eigenvalue weighted by molar-refractivity contribution is 6.31. The van der Waals surface area contributed by atoms with E-state index in [1.54, 1.807) is 0 Å². The van der Waals surface area contributed by atoms with Gasteiger partial charge in [0, 0.05) is 16.8 Å². The largest absolute Gasteiger partial charge is 0.450 e. The van der Waals surface area contributed by atoms with Crippen molar-refractivity contribution in [2.45, 2.75) is 25.3 Å². The average Bonchev–Trinajstić information content (AvgIpc) is 2.67. The zero-order valence-corrected chi connectivity index (χ0v) is 17.4. The Balaban J connectivity index is 2.33. The molecule has 1 aromatic carbocycles. The van der Waals surface area contributed by atoms with Gasteiger partial charge < -0.3 is 10.6 Å². The van der Waals surface area contributed by atoms with Gasteiger partial charge in [-0.05, 0) is 37.3 Å². The minimum Gasteiger partial charge on any atom is -0.342 e. The first-order chi connectivity index (χ1) is 14.7. The lowest BCUT2D eigenvalue weighted by atomic mass is 10.1. The van der Waals surface area contributed by atoms with Crippen LogP contribution in [-0.2, 0) is 6.18 Å². The molecule has 14 heteroatoms. The number of benzene rings is 1. The van der Waals surface area contributed by atoms with E-state index in [0.29, 0.717) is 12.1 Å². The minimum atomic E-state index is -5.08. The van der Waals surface area contributed by atoms with Crippen LogP contribution in [-0.4, -0.2) is 34.8 Å². The van der Waals surface area contributed by atoms with Crippen molar-refractivity contribution in [3.8, 4) is 0 Å². The lowest BCUT2D eigenvalue weighted by Crippen LogP contribution is -2.43. The van der Waals surface area contributed by atoms with Gasteiger partial charge in [-0.25, -0.2) is 9.98 Å². The lowest BCUT2D eigenvalue weighted by molar-refractivity contribution is -0.137. The third-order valence-electron chi connectivity index (χ3n) is 3.73. The van der Waals surface area contributed by atoms with E-state index in [9.17, 15) is 31.1 Å². The minimum absolute atomic E-state index is 0.00802. The number of halogens is 8. The van der Waals surface area contributed by atoms with Crippen molar-refractivity contribution in [2.24, 2.45) is 4.99 Å². The molecule has 0 unspecified atom stereocenters. The predicted octanol–water partition coefficient (Wildman–Crippen LogP) is 5.58. The third kappa shape index (κ3) is 7.09. The van der Waals surface area contributed by atoms with Crippen LogP contribution in [0.1, 0.15) is 22.8 Å². The lowest BCUT2D eigenvalue weighted by Gasteiger charge is -2.19. The fourth-order valence-corrected chi connectivity index (χ4v) is 2.58. The van der Waals surface area contributed by atoms with E-state index in [1.165, 1.54) is 25.3 Å². The van der Waals surface area contributed by atoms with Crippen LogP contribution in [0.2, 0.25) is 10.0 Å². The van der Waals surface area contributed by atoms with E-state index < -0.39 is 47.1 Å². The summed E-state index contributed by atoms with van der Waals surface area (Å²) in [6.07, 6.45) is -8.68. The standard InChI is InChI=1S/C18H13Cl2F6N5O/c1-8(29-15(32)9-4-10(17(21,22)23)6-12(20)5-9)14(31-16(27)18(24,25)26)30-13-3-2-11(19)7-28-13/h2-8H,1H3,(H,29,32)(H2,27,28,30,31)/t8-/m0/s1. The summed E-state index contributed by atoms with van der Waals surface area (Å²) in [6.45, 7) is 1.21. The van der Waals surface area contributed by atoms with Gasteiger partial charge in [0.15, 0.2) is 0 Å². The zero-order valence-electron chi connectivity index (χ0n) is 15.9. The molecule has 2 rings (SSSR count). The molecule has 3 N–H and O–H groups in total. The summed E-state index contributed by atoms with van der Waals surface area (Å²) in [5, 5.41) is 11.6. The molecule has 2 aromatic rings. The second-order valence-electron chi connectivity index (χ2n) is 6.25. The van der Waals surface area contributed by atoms with Crippen molar-refractivity contribution in [1.82, 2.24) is 10.3 Å². The van der Waals surface area contributed by atoms with Crippen LogP contribution in [0.5, 0.6) is 0 Å². The van der Waals surface area contributed by atoms with Gasteiger partial charge in [-0.3, -0.25) is 10.2 Å². The van der Waals surface area contributed by atoms with Crippen molar-refractivity contribution in [3.63, 3.8) is 0 Å². The van der Waals surface area contributed by atoms with E-state index in [4.69, 9.17) is 28.6 Å². The Morgan fingerprint density at radius 3 is 2.28 bits per heavy atom. The molecule has 0 aliphatic heterocycles. The van der Waals surface area contributed by atoms with Crippen molar-refractivity contribution in [3.05, 3.63) is 57.7 Å². The number of pyridine rings is 1. The zero-order chi connectivity index (χ0) is 24.3. The number of amides is 1. The van der Waals surface area contributed by atoms with Gasteiger partial charge in [-0.1, -0.05) is 23.2 Å². The molecule has 172 valence electrons. The molecule has 1 heterocycles. The summed E-state index contributed by atoms with van der Waals surface area (Å²) in [6, 6.07) is 3.48. The van der Waals surface area contributed by atoms with Crippen LogP contribution in [0.4, 0.5) is 32.2 Å². The van der Waals surface area contributed by atoms with Crippen molar-refractivity contribution >= 4 is 46.6 Å². The molecule has 32 heavy (non-hydrogen) atoms. The molecule has 0 saturated carbocycles. The first kappa shape index (κ1) is 25.4. The Bertz CT molecular complexity index is 1040. The van der Waals surface area contributed by atoms with E-state index in [1.807, 2.05) is 0 Å². The van der Waals surface area contributed by atoms with Crippen LogP contribution in [0.3, 0.4) is 0 Å². The van der Waals surface area contributed by atoms with Gasteiger partial charge in [-0.15, -0.1) is 0 Å². The molecule has 6 nitrogen and oxygen atoms in total. The number of aromatic nitrogens is 1. The highest BCUT2D eigenvalue weighted by Crippen LogP contribution is 2.32. The van der Waals surface area contributed by atoms with E-state index in [0.717, 1.165) is 6.07 Å². The normalized spacial score (nSPS) is 13.5. The summed E-state index contributed by atoms with van der Waals surface area (Å²) in [5.74, 6) is -3.60. The predicted molar refractivity (Wildman–Crippen MR) is 107 cm³/mol. The molecule has 1 amide bonds. The molecule has 0 aliphatic carbocycles. The Hall–Kier alpha value is -2.86. The van der Waals surface area contributed by atoms with E-state index >= 15 is 0 Å². The van der Waals surface area contributed by atoms with Gasteiger partial charge in [0.2, 0.25) is 5.84 Å². The Labute approximate surface area is 187 Å². The van der Waals surface area contributed by atoms with Crippen LogP contribution < -0.4 is 10.6 Å². The molecule has 0 fully saturated rings. The van der Waals surface area contributed by atoms with Gasteiger partial charge in [0.1, 0.15) is 11.7 Å². The quantitative estimate of drug-likeness (QED) is 0.291. The number of nitrogens with one attached hydrogen (secondary N) is 3. The molecular weight excluding hydrogens is 487 g/mol. The average molecular weight is 500 g/mol. The molecule has 0 aliphatic rings. The maximum atomic E-state index is 13.0. The fourth-order valence-electron chi connectivity index (χ4n) is 2.23. The number of rotatable bonds is 4. The Morgan fingerprint density at radius 2 is 1.75 bits per heavy atom. The first-order valence-corrected chi connectivity index (χ1v) is 9.24. The number of alkyl halides is 6. The number of anilines is 1. The maximum absolute atomic E-state index is 13.0. The number of carbonyl (C=O) groups is 1. The highest BCUT2D eigenvalue weighted by Gasteiger charge is 2.36. The van der Waals surface area contributed by atoms with E-state index in [2.05, 4.69) is 20.6 Å². The molecule has 0 bridgehead atoms. The molecule has 0 spiro atoms. The SMILES string of the molecule is C[C@H](NC(=O)c1cc(Cl)cc(C(F)(F)F)c1)/C(=N/C(=N)C(F)(F)F)Nc1ccc(Cl)cn1. The van der Waals surface area contributed by atoms with Gasteiger partial charge in [-0.2, -0.15) is 26.3 Å². The number of carbonyl (C=O) groups excluding carboxylic acids is 1. The van der Waals surface area contributed by atoms with Gasteiger partial charge in [0.25, 0.3) is 5.91 Å². The number of amidine groups is 2. The summed E-state index contributed by atoms with van der Waals surface area (Å²) in [4.78, 5) is 19.4. The number of nitrogens with zero attached hydrogens (tertiary/aromatic N) is 2. The molecule has 0 saturated heterocycles. The number of hydrogen-bond donors (Lipinski definition) is 3. The van der Waals surface area contributed by atoms with Gasteiger partial charge >= 0.3 is 12.4 Å². The number of aliphatic imine (C=N–C) groups is 1. The Morgan fingerprint density at radius 1 is 1.09 bits per heavy atom. The summed E-state index contributed by atoms with van der Waals surface area (Å²) in [7, 11) is 0. The van der Waals surface area contributed by atoms with E-state index in [-0.39, 0.29) is 15.9 Å². The second kappa shape index (κ2) is 9.74. The third-order valence-corrected chi connectivity index (χ3v) is 4.17. The summed E-state index contributed by atoms with van der Waals surface area (Å²) in [5.41, 5.74) is -1.66. The van der Waals surface area contributed by atoms with Crippen molar-refractivity contribution < 1.29 is 31.1 Å². The molecule has 1 atom stereocenters. The van der Waals surface area contributed by atoms with Crippen LogP contribution in [0.25, 0.3) is 0 Å². The molecule has 1 aromatic heterocycles. The second-order valence-corrected chi connectivity index (χ2v) is 7.12. The highest BCUT2D eigenvalue weighted by atomic mass is 35.5. The smallest absolute Gasteiger partial charge is 0.342 e. The molecule has 0 radical (unpaired) electrons. The number of hydrogen-bond acceptors (Lipinski definition) is 3. The molecular formula is C18H13Cl2F6N5O. The van der Waals surface area contributed by atoms with Crippen LogP contribution in [0.15, 0.2) is 41.5 Å². The Kier molecular flexibility index (Phi) is 7.73. The maximum Gasteiger partial charge on any atom is 0.450 e. The van der Waals surface area contributed by atoms with Crippen LogP contribution in [0, 0.1) is 5.41 Å². The first-order valence-electron chi connectivity index (χ1n) is 8.48. The van der Waals surface area contributed by atoms with Crippen LogP contribution >= 0.6 is 23.2 Å². The monoisotopic (exact) mass is 499 g/mol. The summed E-state index contributed by atoms with van der Waals surface area (Å²) < 4.78 is 77.3. The van der Waals surface area contributed by atoms with Gasteiger partial charge in [0.05, 0.1) is 16.6 Å². The van der Waals surface area contributed by atoms with Crippen molar-refractivity contribution in [2.75, 3.05) is 5.32 Å².